The van der Waals surface area contributed by atoms with Crippen molar-refractivity contribution in [1.82, 2.24) is 19.8 Å². The lowest BCUT2D eigenvalue weighted by atomic mass is 9.85. The topological polar surface area (TPSA) is 70.6 Å². The molecule has 1 unspecified atom stereocenters. The predicted molar refractivity (Wildman–Crippen MR) is 170 cm³/mol. The van der Waals surface area contributed by atoms with Gasteiger partial charge in [0.05, 0.1) is 17.7 Å². The number of aryl methyl sites for hydroxylation is 2. The van der Waals surface area contributed by atoms with Gasteiger partial charge in [-0.2, -0.15) is 0 Å². The van der Waals surface area contributed by atoms with Gasteiger partial charge in [0.15, 0.2) is 0 Å². The number of halogens is 1. The average Bonchev–Trinajstić information content (AvgIpc) is 3.35. The lowest BCUT2D eigenvalue weighted by Crippen LogP contribution is -2.47. The zero-order valence-electron chi connectivity index (χ0n) is 25.0. The molecule has 1 atom stereocenters. The van der Waals surface area contributed by atoms with E-state index in [2.05, 4.69) is 55.2 Å². The van der Waals surface area contributed by atoms with Crippen LogP contribution in [0.15, 0.2) is 18.5 Å². The van der Waals surface area contributed by atoms with Gasteiger partial charge in [0.1, 0.15) is 22.7 Å². The number of anilines is 2. The Hall–Kier alpha value is -2.42. The highest BCUT2D eigenvalue weighted by Crippen LogP contribution is 2.42. The third-order valence-corrected chi connectivity index (χ3v) is 10.0. The number of thiophene rings is 1. The fourth-order valence-corrected chi connectivity index (χ4v) is 7.54. The largest absolute Gasteiger partial charge is 0.491 e. The SMILES string of the molecule is CCc1cc(Nc2ncnc3sc4c(c23)CCC(CCC(=O)N2CCN(C)CC2)C4)c(OCCCCl)cc1C(C)C. The number of benzene rings is 1. The number of carbonyl (C=O) groups excluding carboxylic acids is 1. The van der Waals surface area contributed by atoms with Crippen LogP contribution in [0, 0.1) is 5.92 Å². The van der Waals surface area contributed by atoms with Crippen LogP contribution >= 0.6 is 22.9 Å². The molecular formula is C32H44ClN5O2S. The first kappa shape index (κ1) is 30.1. The van der Waals surface area contributed by atoms with Crippen LogP contribution in [0.1, 0.15) is 73.9 Å². The molecule has 0 bridgehead atoms. The van der Waals surface area contributed by atoms with Crippen LogP contribution in [0.2, 0.25) is 0 Å². The van der Waals surface area contributed by atoms with E-state index in [1.165, 1.54) is 21.6 Å². The third-order valence-electron chi connectivity index (χ3n) is 8.60. The molecule has 9 heteroatoms. The van der Waals surface area contributed by atoms with Crippen molar-refractivity contribution in [3.8, 4) is 5.75 Å². The fourth-order valence-electron chi connectivity index (χ4n) is 6.13. The lowest BCUT2D eigenvalue weighted by molar-refractivity contribution is -0.133. The second-order valence-electron chi connectivity index (χ2n) is 11.8. The van der Waals surface area contributed by atoms with Gasteiger partial charge < -0.3 is 19.9 Å². The monoisotopic (exact) mass is 597 g/mol. The van der Waals surface area contributed by atoms with Crippen LogP contribution < -0.4 is 10.1 Å². The maximum atomic E-state index is 12.8. The lowest BCUT2D eigenvalue weighted by Gasteiger charge is -2.33. The second kappa shape index (κ2) is 13.7. The molecule has 5 rings (SSSR count). The smallest absolute Gasteiger partial charge is 0.222 e. The molecule has 1 aromatic carbocycles. The summed E-state index contributed by atoms with van der Waals surface area (Å²) in [6, 6.07) is 4.42. The Morgan fingerprint density at radius 3 is 2.76 bits per heavy atom. The Morgan fingerprint density at radius 1 is 1.22 bits per heavy atom. The summed E-state index contributed by atoms with van der Waals surface area (Å²) in [6.07, 6.45) is 8.13. The number of carbonyl (C=O) groups is 1. The standard InChI is InChI=1S/C32H44ClN5O2S/c1-5-23-18-26(27(40-16-6-11-33)19-25(23)21(2)3)36-31-30-24-9-7-22(17-28(24)41-32(30)35-20-34-31)8-10-29(39)38-14-12-37(4)13-15-38/h18-22H,5-17H2,1-4H3,(H,34,35,36). The number of hydrogen-bond acceptors (Lipinski definition) is 7. The molecule has 41 heavy (non-hydrogen) atoms. The summed E-state index contributed by atoms with van der Waals surface area (Å²) in [7, 11) is 2.12. The maximum Gasteiger partial charge on any atom is 0.222 e. The van der Waals surface area contributed by atoms with Crippen LogP contribution in [0.5, 0.6) is 5.75 Å². The van der Waals surface area contributed by atoms with Gasteiger partial charge in [-0.1, -0.05) is 20.8 Å². The molecule has 2 aromatic heterocycles. The Kier molecular flexibility index (Phi) is 10.0. The van der Waals surface area contributed by atoms with Crippen molar-refractivity contribution < 1.29 is 9.53 Å². The van der Waals surface area contributed by atoms with Crippen LogP contribution in [0.4, 0.5) is 11.5 Å². The quantitative estimate of drug-likeness (QED) is 0.194. The van der Waals surface area contributed by atoms with Crippen molar-refractivity contribution in [3.05, 3.63) is 40.0 Å². The minimum Gasteiger partial charge on any atom is -0.491 e. The van der Waals surface area contributed by atoms with Gasteiger partial charge in [-0.15, -0.1) is 22.9 Å². The minimum absolute atomic E-state index is 0.316. The first-order chi connectivity index (χ1) is 19.9. The zero-order chi connectivity index (χ0) is 28.9. The van der Waals surface area contributed by atoms with E-state index < -0.39 is 0 Å². The van der Waals surface area contributed by atoms with Gasteiger partial charge in [0.25, 0.3) is 0 Å². The Balaban J connectivity index is 1.34. The molecule has 1 fully saturated rings. The van der Waals surface area contributed by atoms with Crippen LogP contribution in [0.3, 0.4) is 0 Å². The normalized spacial score (nSPS) is 17.7. The van der Waals surface area contributed by atoms with E-state index in [1.807, 2.05) is 4.90 Å². The average molecular weight is 598 g/mol. The molecular weight excluding hydrogens is 554 g/mol. The summed E-state index contributed by atoms with van der Waals surface area (Å²) in [5.41, 5.74) is 4.95. The van der Waals surface area contributed by atoms with E-state index in [0.29, 0.717) is 36.7 Å². The molecule has 1 aliphatic heterocycles. The molecule has 3 heterocycles. The molecule has 7 nitrogen and oxygen atoms in total. The van der Waals surface area contributed by atoms with Crippen molar-refractivity contribution >= 4 is 50.6 Å². The molecule has 3 aromatic rings. The number of rotatable bonds is 11. The summed E-state index contributed by atoms with van der Waals surface area (Å²) in [5.74, 6) is 3.53. The molecule has 2 aliphatic rings. The van der Waals surface area contributed by atoms with Crippen molar-refractivity contribution in [2.75, 3.05) is 51.0 Å². The number of fused-ring (bicyclic) bond motifs is 3. The minimum atomic E-state index is 0.316. The van der Waals surface area contributed by atoms with Gasteiger partial charge in [0, 0.05) is 43.4 Å². The highest BCUT2D eigenvalue weighted by molar-refractivity contribution is 7.19. The molecule has 0 spiro atoms. The summed E-state index contributed by atoms with van der Waals surface area (Å²) >= 11 is 7.73. The summed E-state index contributed by atoms with van der Waals surface area (Å²) < 4.78 is 6.23. The van der Waals surface area contributed by atoms with Crippen molar-refractivity contribution in [2.24, 2.45) is 5.92 Å². The molecule has 0 saturated carbocycles. The molecule has 1 aliphatic carbocycles. The van der Waals surface area contributed by atoms with Crippen LogP contribution in [-0.2, 0) is 24.1 Å². The van der Waals surface area contributed by atoms with Gasteiger partial charge in [-0.3, -0.25) is 4.79 Å². The summed E-state index contributed by atoms with van der Waals surface area (Å²) in [5, 5.41) is 4.79. The highest BCUT2D eigenvalue weighted by Gasteiger charge is 2.27. The number of alkyl halides is 1. The predicted octanol–water partition coefficient (Wildman–Crippen LogP) is 6.79. The van der Waals surface area contributed by atoms with Gasteiger partial charge in [-0.25, -0.2) is 9.97 Å². The van der Waals surface area contributed by atoms with Gasteiger partial charge in [-0.05, 0) is 86.2 Å². The molecule has 222 valence electrons. The number of aromatic nitrogens is 2. The Morgan fingerprint density at radius 2 is 2.02 bits per heavy atom. The zero-order valence-corrected chi connectivity index (χ0v) is 26.5. The molecule has 1 N–H and O–H groups in total. The van der Waals surface area contributed by atoms with Gasteiger partial charge in [0.2, 0.25) is 5.91 Å². The first-order valence-electron chi connectivity index (χ1n) is 15.2. The third kappa shape index (κ3) is 6.98. The van der Waals surface area contributed by atoms with E-state index in [9.17, 15) is 4.79 Å². The van der Waals surface area contributed by atoms with Crippen molar-refractivity contribution in [1.29, 1.82) is 0 Å². The summed E-state index contributed by atoms with van der Waals surface area (Å²) in [4.78, 5) is 29.0. The second-order valence-corrected chi connectivity index (χ2v) is 13.3. The Labute approximate surface area is 253 Å². The van der Waals surface area contributed by atoms with Gasteiger partial charge >= 0.3 is 0 Å². The van der Waals surface area contributed by atoms with E-state index in [1.54, 1.807) is 17.7 Å². The van der Waals surface area contributed by atoms with Crippen LogP contribution in [0.25, 0.3) is 10.2 Å². The van der Waals surface area contributed by atoms with Crippen LogP contribution in [-0.4, -0.2) is 71.4 Å². The number of hydrogen-bond donors (Lipinski definition) is 1. The number of amides is 1. The number of piperazine rings is 1. The van der Waals surface area contributed by atoms with Crippen molar-refractivity contribution in [3.63, 3.8) is 0 Å². The van der Waals surface area contributed by atoms with Crippen molar-refractivity contribution in [2.45, 2.75) is 71.6 Å². The number of nitrogens with zero attached hydrogens (tertiary/aromatic N) is 4. The van der Waals surface area contributed by atoms with E-state index in [0.717, 1.165) is 92.2 Å². The number of ether oxygens (including phenoxy) is 1. The van der Waals surface area contributed by atoms with E-state index in [4.69, 9.17) is 21.3 Å². The fraction of sp³-hybridized carbons (Fsp3) is 0.594. The molecule has 1 saturated heterocycles. The molecule has 0 radical (unpaired) electrons. The number of likely N-dealkylation sites (N-methyl/N-ethyl adjacent to an activating group) is 1. The maximum absolute atomic E-state index is 12.8. The van der Waals surface area contributed by atoms with E-state index >= 15 is 0 Å². The Bertz CT molecular complexity index is 1350. The van der Waals surface area contributed by atoms with E-state index in [-0.39, 0.29) is 0 Å². The first-order valence-corrected chi connectivity index (χ1v) is 16.6. The highest BCUT2D eigenvalue weighted by atomic mass is 35.5. The molecule has 1 amide bonds. The number of nitrogens with one attached hydrogen (secondary N) is 1. The summed E-state index contributed by atoms with van der Waals surface area (Å²) in [6.45, 7) is 10.9.